The normalized spacial score (nSPS) is 11.2. The molecule has 0 bridgehead atoms. The zero-order valence-corrected chi connectivity index (χ0v) is 17.1. The Morgan fingerprint density at radius 1 is 1.20 bits per heavy atom. The average Bonchev–Trinajstić information content (AvgIpc) is 3.20. The zero-order chi connectivity index (χ0) is 21.3. The van der Waals surface area contributed by atoms with Crippen LogP contribution in [0.5, 0.6) is 0 Å². The van der Waals surface area contributed by atoms with Crippen molar-refractivity contribution < 1.29 is 9.53 Å². The average molecular weight is 400 g/mol. The number of rotatable bonds is 8. The summed E-state index contributed by atoms with van der Waals surface area (Å²) in [7, 11) is 1.61. The molecule has 6 heteroatoms. The summed E-state index contributed by atoms with van der Waals surface area (Å²) in [5.74, 6) is -0.407. The summed E-state index contributed by atoms with van der Waals surface area (Å²) >= 11 is 0. The van der Waals surface area contributed by atoms with E-state index in [4.69, 9.17) is 9.84 Å². The molecule has 0 fully saturated rings. The lowest BCUT2D eigenvalue weighted by Gasteiger charge is -2.04. The number of ether oxygens (including phenoxy) is 1. The third-order valence-corrected chi connectivity index (χ3v) is 4.56. The number of aryl methyl sites for hydroxylation is 1. The van der Waals surface area contributed by atoms with E-state index in [9.17, 15) is 10.1 Å². The molecule has 0 aliphatic carbocycles. The fraction of sp³-hybridized carbons (Fsp3) is 0.208. The summed E-state index contributed by atoms with van der Waals surface area (Å²) in [6.07, 6.45) is 4.11. The van der Waals surface area contributed by atoms with E-state index >= 15 is 0 Å². The molecule has 0 aliphatic rings. The first-order valence-corrected chi connectivity index (χ1v) is 9.73. The van der Waals surface area contributed by atoms with Gasteiger partial charge in [-0.2, -0.15) is 10.4 Å². The molecule has 2 aromatic carbocycles. The largest absolute Gasteiger partial charge is 0.385 e. The van der Waals surface area contributed by atoms with Crippen LogP contribution in [0.25, 0.3) is 23.0 Å². The van der Waals surface area contributed by atoms with Gasteiger partial charge in [-0.1, -0.05) is 48.0 Å². The Kier molecular flexibility index (Phi) is 7.14. The lowest BCUT2D eigenvalue weighted by atomic mass is 10.0. The smallest absolute Gasteiger partial charge is 0.261 e. The molecule has 0 radical (unpaired) electrons. The molecule has 6 nitrogen and oxygen atoms in total. The molecular weight excluding hydrogens is 376 g/mol. The number of amides is 1. The van der Waals surface area contributed by atoms with Crippen molar-refractivity contribution >= 4 is 12.0 Å². The third-order valence-electron chi connectivity index (χ3n) is 4.56. The number of hydrogen-bond acceptors (Lipinski definition) is 4. The fourth-order valence-corrected chi connectivity index (χ4v) is 2.96. The van der Waals surface area contributed by atoms with Crippen LogP contribution in [-0.2, 0) is 9.53 Å². The summed E-state index contributed by atoms with van der Waals surface area (Å²) in [5.41, 5.74) is 4.40. The van der Waals surface area contributed by atoms with E-state index in [2.05, 4.69) is 5.32 Å². The minimum atomic E-state index is -0.407. The molecule has 1 N–H and O–H groups in total. The van der Waals surface area contributed by atoms with Gasteiger partial charge in [0, 0.05) is 37.6 Å². The molecule has 0 unspecified atom stereocenters. The second-order valence-electron chi connectivity index (χ2n) is 6.85. The van der Waals surface area contributed by atoms with E-state index in [-0.39, 0.29) is 5.57 Å². The highest BCUT2D eigenvalue weighted by molar-refractivity contribution is 6.02. The van der Waals surface area contributed by atoms with E-state index < -0.39 is 5.91 Å². The lowest BCUT2D eigenvalue weighted by Crippen LogP contribution is -2.26. The van der Waals surface area contributed by atoms with Crippen molar-refractivity contribution in [3.8, 4) is 23.0 Å². The van der Waals surface area contributed by atoms with Gasteiger partial charge in [-0.3, -0.25) is 4.79 Å². The first-order chi connectivity index (χ1) is 14.6. The van der Waals surface area contributed by atoms with Gasteiger partial charge in [-0.15, -0.1) is 0 Å². The van der Waals surface area contributed by atoms with Crippen molar-refractivity contribution in [3.05, 3.63) is 77.5 Å². The van der Waals surface area contributed by atoms with E-state index in [1.165, 1.54) is 0 Å². The Morgan fingerprint density at radius 2 is 1.93 bits per heavy atom. The number of aromatic nitrogens is 2. The molecule has 0 saturated heterocycles. The Hall–Kier alpha value is -3.69. The van der Waals surface area contributed by atoms with Crippen molar-refractivity contribution in [3.63, 3.8) is 0 Å². The van der Waals surface area contributed by atoms with Gasteiger partial charge in [0.1, 0.15) is 11.6 Å². The molecule has 0 aliphatic heterocycles. The van der Waals surface area contributed by atoms with Crippen LogP contribution >= 0.6 is 0 Å². The van der Waals surface area contributed by atoms with Gasteiger partial charge in [0.15, 0.2) is 0 Å². The van der Waals surface area contributed by atoms with E-state index in [1.54, 1.807) is 17.9 Å². The van der Waals surface area contributed by atoms with Crippen LogP contribution in [0.15, 0.2) is 66.4 Å². The number of methoxy groups -OCH3 is 1. The predicted molar refractivity (Wildman–Crippen MR) is 117 cm³/mol. The highest BCUT2D eigenvalue weighted by atomic mass is 16.5. The highest BCUT2D eigenvalue weighted by Crippen LogP contribution is 2.26. The molecule has 30 heavy (non-hydrogen) atoms. The molecule has 1 aromatic heterocycles. The molecule has 0 saturated carbocycles. The first kappa shape index (κ1) is 21.0. The molecule has 1 amide bonds. The Morgan fingerprint density at radius 3 is 2.60 bits per heavy atom. The summed E-state index contributed by atoms with van der Waals surface area (Å²) in [6.45, 7) is 3.02. The Balaban J connectivity index is 1.98. The van der Waals surface area contributed by atoms with Gasteiger partial charge < -0.3 is 10.1 Å². The maximum Gasteiger partial charge on any atom is 0.261 e. The van der Waals surface area contributed by atoms with E-state index in [1.807, 2.05) is 73.8 Å². The fourth-order valence-electron chi connectivity index (χ4n) is 2.96. The van der Waals surface area contributed by atoms with Crippen LogP contribution in [-0.4, -0.2) is 35.9 Å². The SMILES string of the molecule is COCCCNC(=O)C(C#N)=Cc1cn(-c2ccccc2)nc1-c1ccc(C)cc1. The monoisotopic (exact) mass is 400 g/mol. The number of benzene rings is 2. The summed E-state index contributed by atoms with van der Waals surface area (Å²) < 4.78 is 6.74. The van der Waals surface area contributed by atoms with Gasteiger partial charge in [0.25, 0.3) is 5.91 Å². The number of nitrogens with zero attached hydrogens (tertiary/aromatic N) is 3. The second-order valence-corrected chi connectivity index (χ2v) is 6.85. The van der Waals surface area contributed by atoms with Crippen molar-refractivity contribution in [2.45, 2.75) is 13.3 Å². The van der Waals surface area contributed by atoms with Gasteiger partial charge in [0.2, 0.25) is 0 Å². The maximum absolute atomic E-state index is 12.4. The van der Waals surface area contributed by atoms with E-state index in [0.29, 0.717) is 30.8 Å². The zero-order valence-electron chi connectivity index (χ0n) is 17.1. The van der Waals surface area contributed by atoms with Gasteiger partial charge in [0.05, 0.1) is 11.4 Å². The Bertz CT molecular complexity index is 1060. The summed E-state index contributed by atoms with van der Waals surface area (Å²) in [5, 5.41) is 17.0. The van der Waals surface area contributed by atoms with Crippen molar-refractivity contribution in [2.75, 3.05) is 20.3 Å². The number of nitriles is 1. The predicted octanol–water partition coefficient (Wildman–Crippen LogP) is 3.91. The van der Waals surface area contributed by atoms with Crippen LogP contribution in [0.1, 0.15) is 17.5 Å². The number of carbonyl (C=O) groups excluding carboxylic acids is 1. The number of nitrogens with one attached hydrogen (secondary N) is 1. The molecule has 1 heterocycles. The molecule has 152 valence electrons. The third kappa shape index (κ3) is 5.22. The standard InChI is InChI=1S/C24H24N4O2/c1-18-9-11-19(12-10-18)23-21(17-28(27-23)22-7-4-3-5-8-22)15-20(16-25)24(29)26-13-6-14-30-2/h3-5,7-12,15,17H,6,13-14H2,1-2H3,(H,26,29). The number of carbonyl (C=O) groups is 1. The molecular formula is C24H24N4O2. The Labute approximate surface area is 176 Å². The summed E-state index contributed by atoms with van der Waals surface area (Å²) in [4.78, 5) is 12.4. The second kappa shape index (κ2) is 10.2. The van der Waals surface area contributed by atoms with Crippen LogP contribution in [0.3, 0.4) is 0 Å². The van der Waals surface area contributed by atoms with Crippen LogP contribution in [0.2, 0.25) is 0 Å². The minimum Gasteiger partial charge on any atom is -0.385 e. The highest BCUT2D eigenvalue weighted by Gasteiger charge is 2.15. The topological polar surface area (TPSA) is 79.9 Å². The lowest BCUT2D eigenvalue weighted by molar-refractivity contribution is -0.117. The van der Waals surface area contributed by atoms with Crippen molar-refractivity contribution in [2.24, 2.45) is 0 Å². The number of hydrogen-bond donors (Lipinski definition) is 1. The molecule has 0 atom stereocenters. The van der Waals surface area contributed by atoms with Crippen LogP contribution in [0, 0.1) is 18.3 Å². The van der Waals surface area contributed by atoms with Crippen LogP contribution in [0.4, 0.5) is 0 Å². The van der Waals surface area contributed by atoms with Crippen LogP contribution < -0.4 is 5.32 Å². The molecule has 3 rings (SSSR count). The van der Waals surface area contributed by atoms with Gasteiger partial charge in [-0.05, 0) is 31.6 Å². The molecule has 3 aromatic rings. The van der Waals surface area contributed by atoms with Gasteiger partial charge in [-0.25, -0.2) is 4.68 Å². The van der Waals surface area contributed by atoms with Gasteiger partial charge >= 0.3 is 0 Å². The van der Waals surface area contributed by atoms with E-state index in [0.717, 1.165) is 16.8 Å². The number of para-hydroxylation sites is 1. The van der Waals surface area contributed by atoms with Crippen molar-refractivity contribution in [1.82, 2.24) is 15.1 Å². The van der Waals surface area contributed by atoms with Crippen molar-refractivity contribution in [1.29, 1.82) is 5.26 Å². The quantitative estimate of drug-likeness (QED) is 0.353. The summed E-state index contributed by atoms with van der Waals surface area (Å²) in [6, 6.07) is 19.7. The maximum atomic E-state index is 12.4. The minimum absolute atomic E-state index is 0.0355. The molecule has 0 spiro atoms. The first-order valence-electron chi connectivity index (χ1n) is 9.73.